The van der Waals surface area contributed by atoms with Gasteiger partial charge in [-0.2, -0.15) is 4.98 Å². The minimum absolute atomic E-state index is 0.00271. The summed E-state index contributed by atoms with van der Waals surface area (Å²) >= 11 is 0. The summed E-state index contributed by atoms with van der Waals surface area (Å²) in [6, 6.07) is 5.68. The topological polar surface area (TPSA) is 132 Å². The third-order valence-corrected chi connectivity index (χ3v) is 8.35. The van der Waals surface area contributed by atoms with Crippen LogP contribution in [0.2, 0.25) is 0 Å². The number of rotatable bonds is 5. The number of fused-ring (bicyclic) bond motifs is 2. The van der Waals surface area contributed by atoms with Gasteiger partial charge in [0, 0.05) is 33.2 Å². The number of carbonyl (C=O) groups excluding carboxylic acids is 1. The van der Waals surface area contributed by atoms with E-state index in [0.29, 0.717) is 43.4 Å². The van der Waals surface area contributed by atoms with Crippen LogP contribution < -0.4 is 20.6 Å². The van der Waals surface area contributed by atoms with Gasteiger partial charge in [-0.3, -0.25) is 18.8 Å². The minimum atomic E-state index is -3.21. The van der Waals surface area contributed by atoms with Crippen molar-refractivity contribution in [2.75, 3.05) is 29.6 Å². The molecule has 0 saturated carbocycles. The van der Waals surface area contributed by atoms with Gasteiger partial charge in [-0.1, -0.05) is 6.07 Å². The fourth-order valence-electron chi connectivity index (χ4n) is 4.93. The summed E-state index contributed by atoms with van der Waals surface area (Å²) in [6.45, 7) is 4.50. The van der Waals surface area contributed by atoms with Crippen LogP contribution in [0, 0.1) is 0 Å². The summed E-state index contributed by atoms with van der Waals surface area (Å²) < 4.78 is 34.2. The molecular weight excluding hydrogens is 498 g/mol. The Morgan fingerprint density at radius 1 is 1.11 bits per heavy atom. The number of benzene rings is 1. The van der Waals surface area contributed by atoms with Gasteiger partial charge in [-0.05, 0) is 44.4 Å². The van der Waals surface area contributed by atoms with Crippen LogP contribution in [0.3, 0.4) is 0 Å². The molecule has 2 aliphatic rings. The van der Waals surface area contributed by atoms with E-state index in [0.717, 1.165) is 16.6 Å². The van der Waals surface area contributed by atoms with Crippen molar-refractivity contribution >= 4 is 38.7 Å². The number of imidazole rings is 1. The highest BCUT2D eigenvalue weighted by Gasteiger charge is 2.42. The number of amides is 1. The van der Waals surface area contributed by atoms with Crippen molar-refractivity contribution in [3.05, 3.63) is 40.4 Å². The second-order valence-corrected chi connectivity index (χ2v) is 12.2. The van der Waals surface area contributed by atoms with Crippen LogP contribution in [0.25, 0.3) is 11.0 Å². The molecule has 0 atom stereocenters. The summed E-state index contributed by atoms with van der Waals surface area (Å²) in [5.74, 6) is 0.861. The average Bonchev–Trinajstić information content (AvgIpc) is 3.05. The van der Waals surface area contributed by atoms with E-state index in [1.807, 2.05) is 18.2 Å². The number of anilines is 2. The van der Waals surface area contributed by atoms with Crippen molar-refractivity contribution in [2.45, 2.75) is 44.9 Å². The van der Waals surface area contributed by atoms with Crippen molar-refractivity contribution in [3.63, 3.8) is 0 Å². The first kappa shape index (κ1) is 25.2. The van der Waals surface area contributed by atoms with Crippen LogP contribution in [-0.4, -0.2) is 68.7 Å². The molecule has 12 nitrogen and oxygen atoms in total. The zero-order valence-corrected chi connectivity index (χ0v) is 22.4. The lowest BCUT2D eigenvalue weighted by Crippen LogP contribution is -2.52. The summed E-state index contributed by atoms with van der Waals surface area (Å²) in [5.41, 5.74) is 1.20. The van der Waals surface area contributed by atoms with Crippen LogP contribution in [0.1, 0.15) is 32.3 Å². The lowest BCUT2D eigenvalue weighted by molar-refractivity contribution is -0.133. The van der Waals surface area contributed by atoms with E-state index < -0.39 is 15.6 Å². The third kappa shape index (κ3) is 4.57. The quantitative estimate of drug-likeness (QED) is 0.522. The van der Waals surface area contributed by atoms with E-state index in [1.54, 1.807) is 48.2 Å². The maximum absolute atomic E-state index is 13.4. The highest BCUT2D eigenvalue weighted by Crippen LogP contribution is 2.37. The number of hydrogen-bond acceptors (Lipinski definition) is 8. The zero-order valence-electron chi connectivity index (χ0n) is 21.6. The Bertz CT molecular complexity index is 1550. The molecule has 13 heteroatoms. The Kier molecular flexibility index (Phi) is 6.02. The normalized spacial score (nSPS) is 18.6. The number of sulfonamides is 1. The fraction of sp³-hybridized carbons (Fsp3) is 0.500. The molecule has 1 aromatic carbocycles. The van der Waals surface area contributed by atoms with Gasteiger partial charge in [-0.25, -0.2) is 22.5 Å². The number of piperidine rings is 1. The number of ether oxygens (including phenoxy) is 1. The van der Waals surface area contributed by atoms with E-state index in [2.05, 4.69) is 15.3 Å². The van der Waals surface area contributed by atoms with Gasteiger partial charge in [0.15, 0.2) is 17.2 Å². The van der Waals surface area contributed by atoms with E-state index >= 15 is 0 Å². The van der Waals surface area contributed by atoms with Crippen molar-refractivity contribution in [1.82, 2.24) is 23.4 Å². The zero-order chi connectivity index (χ0) is 26.7. The van der Waals surface area contributed by atoms with Crippen molar-refractivity contribution < 1.29 is 17.9 Å². The number of carbonyl (C=O) groups is 1. The molecule has 1 N–H and O–H groups in total. The van der Waals surface area contributed by atoms with Gasteiger partial charge >= 0.3 is 5.69 Å². The molecule has 5 rings (SSSR count). The molecule has 1 fully saturated rings. The van der Waals surface area contributed by atoms with Gasteiger partial charge in [0.2, 0.25) is 16.0 Å². The largest absolute Gasteiger partial charge is 0.472 e. The molecule has 0 bridgehead atoms. The monoisotopic (exact) mass is 529 g/mol. The first-order valence-electron chi connectivity index (χ1n) is 12.1. The Morgan fingerprint density at radius 2 is 1.78 bits per heavy atom. The van der Waals surface area contributed by atoms with E-state index in [9.17, 15) is 18.0 Å². The smallest absolute Gasteiger partial charge is 0.328 e. The van der Waals surface area contributed by atoms with E-state index in [1.165, 1.54) is 10.6 Å². The van der Waals surface area contributed by atoms with Gasteiger partial charge in [0.05, 0.1) is 30.0 Å². The molecule has 198 valence electrons. The molecule has 3 aromatic rings. The Morgan fingerprint density at radius 3 is 2.46 bits per heavy atom. The molecule has 4 heterocycles. The second-order valence-electron chi connectivity index (χ2n) is 10.2. The third-order valence-electron chi connectivity index (χ3n) is 7.05. The average molecular weight is 530 g/mol. The predicted molar refractivity (Wildman–Crippen MR) is 139 cm³/mol. The summed E-state index contributed by atoms with van der Waals surface area (Å²) in [4.78, 5) is 36.4. The lowest BCUT2D eigenvalue weighted by Gasteiger charge is -2.38. The van der Waals surface area contributed by atoms with Gasteiger partial charge in [-0.15, -0.1) is 0 Å². The first-order chi connectivity index (χ1) is 17.3. The van der Waals surface area contributed by atoms with Crippen LogP contribution in [0.5, 0.6) is 5.75 Å². The fourth-order valence-corrected chi connectivity index (χ4v) is 5.80. The lowest BCUT2D eigenvalue weighted by atomic mass is 10.0. The Hall–Kier alpha value is -3.45. The minimum Gasteiger partial charge on any atom is -0.472 e. The Balaban J connectivity index is 1.43. The maximum Gasteiger partial charge on any atom is 0.328 e. The molecule has 0 unspecified atom stereocenters. The van der Waals surface area contributed by atoms with Gasteiger partial charge in [0.1, 0.15) is 0 Å². The standard InChI is InChI=1S/C24H31N7O5S/c1-24(2)21(32)31(14-15-6-7-17-18(12-15)29(4)23(33)28(17)3)20-19(36-24)13-25-22(27-20)26-16-8-10-30(11-9-16)37(5,34)35/h6-7,12-13,16H,8-11,14H2,1-5H3,(H,25,26,27). The number of nitrogens with one attached hydrogen (secondary N) is 1. The molecular formula is C24H31N7O5S. The van der Waals surface area contributed by atoms with Crippen LogP contribution in [-0.2, 0) is 35.5 Å². The maximum atomic E-state index is 13.4. The summed E-state index contributed by atoms with van der Waals surface area (Å²) in [7, 11) is 0.235. The summed E-state index contributed by atoms with van der Waals surface area (Å²) in [6.07, 6.45) is 4.02. The number of hydrogen-bond donors (Lipinski definition) is 1. The number of aryl methyl sites for hydroxylation is 2. The first-order valence-corrected chi connectivity index (χ1v) is 13.9. The van der Waals surface area contributed by atoms with Crippen molar-refractivity contribution in [3.8, 4) is 5.75 Å². The Labute approximate surface area is 214 Å². The van der Waals surface area contributed by atoms with Crippen molar-refractivity contribution in [1.29, 1.82) is 0 Å². The molecule has 2 aliphatic heterocycles. The highest BCUT2D eigenvalue weighted by atomic mass is 32.2. The van der Waals surface area contributed by atoms with Crippen molar-refractivity contribution in [2.24, 2.45) is 14.1 Å². The molecule has 0 aliphatic carbocycles. The van der Waals surface area contributed by atoms with E-state index in [-0.39, 0.29) is 24.2 Å². The number of nitrogens with zero attached hydrogens (tertiary/aromatic N) is 6. The summed E-state index contributed by atoms with van der Waals surface area (Å²) in [5, 5.41) is 3.29. The van der Waals surface area contributed by atoms with Crippen LogP contribution in [0.15, 0.2) is 29.2 Å². The molecule has 1 amide bonds. The number of aromatic nitrogens is 4. The SMILES string of the molecule is Cn1c(=O)n(C)c2cc(CN3C(=O)C(C)(C)Oc4cnc(NC5CCN(S(C)(=O)=O)CC5)nc43)ccc21. The molecule has 1 saturated heterocycles. The van der Waals surface area contributed by atoms with Crippen LogP contribution >= 0.6 is 0 Å². The van der Waals surface area contributed by atoms with E-state index in [4.69, 9.17) is 4.74 Å². The van der Waals surface area contributed by atoms with Gasteiger partial charge < -0.3 is 10.1 Å². The molecule has 37 heavy (non-hydrogen) atoms. The van der Waals surface area contributed by atoms with Gasteiger partial charge in [0.25, 0.3) is 5.91 Å². The molecule has 0 radical (unpaired) electrons. The molecule has 2 aromatic heterocycles. The predicted octanol–water partition coefficient (Wildman–Crippen LogP) is 1.21. The van der Waals surface area contributed by atoms with Crippen LogP contribution in [0.4, 0.5) is 11.8 Å². The second kappa shape index (κ2) is 8.84. The highest BCUT2D eigenvalue weighted by molar-refractivity contribution is 7.88. The molecule has 0 spiro atoms.